The fourth-order valence-corrected chi connectivity index (χ4v) is 5.73. The fourth-order valence-electron chi connectivity index (χ4n) is 4.08. The highest BCUT2D eigenvalue weighted by Crippen LogP contribution is 2.47. The summed E-state index contributed by atoms with van der Waals surface area (Å²) >= 11 is 0. The van der Waals surface area contributed by atoms with Crippen molar-refractivity contribution < 1.29 is 27.4 Å². The number of rotatable bonds is 8. The number of carbonyl (C=O) groups is 1. The van der Waals surface area contributed by atoms with E-state index in [2.05, 4.69) is 5.32 Å². The van der Waals surface area contributed by atoms with E-state index >= 15 is 0 Å². The molecule has 1 aliphatic heterocycles. The maximum atomic E-state index is 13.1. The maximum Gasteiger partial charge on any atom is 0.258 e. The zero-order chi connectivity index (χ0) is 22.9. The van der Waals surface area contributed by atoms with Gasteiger partial charge in [0.05, 0.1) is 19.8 Å². The topological polar surface area (TPSA) is 118 Å². The third kappa shape index (κ3) is 4.09. The van der Waals surface area contributed by atoms with E-state index in [1.165, 1.54) is 30.7 Å². The fraction of sp³-hybridized carbons (Fsp3) is 0.364. The number of nitriles is 1. The van der Waals surface area contributed by atoms with Gasteiger partial charge in [-0.1, -0.05) is 12.1 Å². The Morgan fingerprint density at radius 1 is 1.12 bits per heavy atom. The second kappa shape index (κ2) is 8.68. The average molecular weight is 458 g/mol. The monoisotopic (exact) mass is 457 g/mol. The minimum Gasteiger partial charge on any atom is -0.497 e. The van der Waals surface area contributed by atoms with Crippen molar-refractivity contribution in [1.82, 2.24) is 9.62 Å². The quantitative estimate of drug-likeness (QED) is 0.636. The number of nitrogens with one attached hydrogen (secondary N) is 1. The smallest absolute Gasteiger partial charge is 0.258 e. The Labute approximate surface area is 186 Å². The molecule has 0 bridgehead atoms. The van der Waals surface area contributed by atoms with Crippen molar-refractivity contribution in [3.05, 3.63) is 48.0 Å². The number of amides is 1. The predicted octanol–water partition coefficient (Wildman–Crippen LogP) is 1.39. The van der Waals surface area contributed by atoms with Crippen molar-refractivity contribution in [3.8, 4) is 23.3 Å². The standard InChI is InChI=1S/C22H23N3O6S/c1-29-15-7-8-20(19(9-15)30-2)32(27,28)25-11-16-17(12-25)22(16)24-21(26)13-31-18-6-4-3-5-14(18)10-23/h3-9,16-17,22H,11-13H2,1-2H3,(H,24,26). The predicted molar refractivity (Wildman–Crippen MR) is 114 cm³/mol. The molecule has 1 aliphatic carbocycles. The number of para-hydroxylation sites is 1. The molecular weight excluding hydrogens is 434 g/mol. The summed E-state index contributed by atoms with van der Waals surface area (Å²) in [5.41, 5.74) is 0.360. The van der Waals surface area contributed by atoms with Crippen molar-refractivity contribution in [3.63, 3.8) is 0 Å². The molecule has 4 rings (SSSR count). The number of fused-ring (bicyclic) bond motifs is 1. The first-order chi connectivity index (χ1) is 15.4. The number of ether oxygens (including phenoxy) is 3. The molecule has 32 heavy (non-hydrogen) atoms. The first-order valence-electron chi connectivity index (χ1n) is 10.0. The minimum absolute atomic E-state index is 0.0596. The van der Waals surface area contributed by atoms with Crippen LogP contribution >= 0.6 is 0 Å². The van der Waals surface area contributed by atoms with Crippen LogP contribution in [0.5, 0.6) is 17.2 Å². The lowest BCUT2D eigenvalue weighted by Crippen LogP contribution is -2.39. The van der Waals surface area contributed by atoms with E-state index in [1.54, 1.807) is 30.3 Å². The van der Waals surface area contributed by atoms with Crippen molar-refractivity contribution in [2.24, 2.45) is 11.8 Å². The van der Waals surface area contributed by atoms with E-state index in [-0.39, 0.29) is 41.0 Å². The van der Waals surface area contributed by atoms with E-state index in [4.69, 9.17) is 19.5 Å². The molecule has 1 saturated heterocycles. The van der Waals surface area contributed by atoms with Crippen LogP contribution in [-0.4, -0.2) is 58.6 Å². The number of methoxy groups -OCH3 is 2. The number of piperidine rings is 1. The van der Waals surface area contributed by atoms with Crippen LogP contribution in [0.3, 0.4) is 0 Å². The van der Waals surface area contributed by atoms with Gasteiger partial charge in [0.1, 0.15) is 28.2 Å². The molecule has 1 heterocycles. The molecule has 2 fully saturated rings. The van der Waals surface area contributed by atoms with Gasteiger partial charge >= 0.3 is 0 Å². The van der Waals surface area contributed by atoms with Crippen LogP contribution in [0.15, 0.2) is 47.4 Å². The Bertz CT molecular complexity index is 1160. The van der Waals surface area contributed by atoms with Crippen molar-refractivity contribution in [2.75, 3.05) is 33.9 Å². The molecule has 0 spiro atoms. The normalized spacial score (nSPS) is 21.8. The molecule has 2 unspecified atom stereocenters. The van der Waals surface area contributed by atoms with Crippen LogP contribution in [0.1, 0.15) is 5.56 Å². The zero-order valence-corrected chi connectivity index (χ0v) is 18.5. The number of sulfonamides is 1. The highest BCUT2D eigenvalue weighted by atomic mass is 32.2. The second-order valence-corrected chi connectivity index (χ2v) is 9.56. The Hall–Kier alpha value is -3.29. The number of nitrogens with zero attached hydrogens (tertiary/aromatic N) is 2. The van der Waals surface area contributed by atoms with Crippen molar-refractivity contribution >= 4 is 15.9 Å². The summed E-state index contributed by atoms with van der Waals surface area (Å²) in [7, 11) is -0.817. The van der Waals surface area contributed by atoms with Crippen LogP contribution < -0.4 is 19.5 Å². The largest absolute Gasteiger partial charge is 0.497 e. The first kappa shape index (κ1) is 21.9. The molecule has 1 N–H and O–H groups in total. The van der Waals surface area contributed by atoms with E-state index < -0.39 is 10.0 Å². The van der Waals surface area contributed by atoms with E-state index in [1.807, 2.05) is 6.07 Å². The molecule has 168 valence electrons. The zero-order valence-electron chi connectivity index (χ0n) is 17.6. The van der Waals surface area contributed by atoms with Crippen LogP contribution in [0.25, 0.3) is 0 Å². The molecule has 1 saturated carbocycles. The van der Waals surface area contributed by atoms with Gasteiger partial charge in [-0.2, -0.15) is 9.57 Å². The average Bonchev–Trinajstić information content (AvgIpc) is 3.23. The molecule has 2 aromatic carbocycles. The Kier molecular flexibility index (Phi) is 5.95. The lowest BCUT2D eigenvalue weighted by atomic mass is 10.2. The third-order valence-electron chi connectivity index (χ3n) is 5.84. The van der Waals surface area contributed by atoms with Gasteiger partial charge < -0.3 is 19.5 Å². The number of benzene rings is 2. The molecule has 1 amide bonds. The summed E-state index contributed by atoms with van der Waals surface area (Å²) in [5.74, 6) is 0.904. The maximum absolute atomic E-state index is 13.1. The third-order valence-corrected chi connectivity index (χ3v) is 7.71. The van der Waals surface area contributed by atoms with Gasteiger partial charge in [-0.05, 0) is 36.1 Å². The van der Waals surface area contributed by atoms with Gasteiger partial charge in [-0.25, -0.2) is 8.42 Å². The molecule has 0 aromatic heterocycles. The number of hydrogen-bond donors (Lipinski definition) is 1. The van der Waals surface area contributed by atoms with Crippen LogP contribution in [0, 0.1) is 23.2 Å². The number of hydrogen-bond acceptors (Lipinski definition) is 7. The van der Waals surface area contributed by atoms with Gasteiger partial charge in [0.25, 0.3) is 5.91 Å². The molecular formula is C22H23N3O6S. The summed E-state index contributed by atoms with van der Waals surface area (Å²) in [5, 5.41) is 12.0. The molecule has 10 heteroatoms. The van der Waals surface area contributed by atoms with Gasteiger partial charge in [-0.3, -0.25) is 4.79 Å². The van der Waals surface area contributed by atoms with Crippen LogP contribution in [0.2, 0.25) is 0 Å². The summed E-state index contributed by atoms with van der Waals surface area (Å²) in [4.78, 5) is 12.4. The molecule has 2 aromatic rings. The molecule has 2 aliphatic rings. The Morgan fingerprint density at radius 2 is 1.84 bits per heavy atom. The summed E-state index contributed by atoms with van der Waals surface area (Å²) < 4.78 is 43.5. The summed E-state index contributed by atoms with van der Waals surface area (Å²) in [6.07, 6.45) is 0. The Morgan fingerprint density at radius 3 is 2.50 bits per heavy atom. The summed E-state index contributed by atoms with van der Waals surface area (Å²) in [6, 6.07) is 13.2. The lowest BCUT2D eigenvalue weighted by molar-refractivity contribution is -0.123. The van der Waals surface area contributed by atoms with Gasteiger partial charge in [0.15, 0.2) is 6.61 Å². The molecule has 2 atom stereocenters. The van der Waals surface area contributed by atoms with Gasteiger partial charge in [-0.15, -0.1) is 0 Å². The Balaban J connectivity index is 1.33. The molecule has 0 radical (unpaired) electrons. The lowest BCUT2D eigenvalue weighted by Gasteiger charge is -2.21. The second-order valence-electron chi connectivity index (χ2n) is 7.66. The van der Waals surface area contributed by atoms with E-state index in [0.29, 0.717) is 30.2 Å². The molecule has 9 nitrogen and oxygen atoms in total. The minimum atomic E-state index is -3.73. The first-order valence-corrected chi connectivity index (χ1v) is 11.5. The van der Waals surface area contributed by atoms with E-state index in [9.17, 15) is 13.2 Å². The van der Waals surface area contributed by atoms with Gasteiger partial charge in [0, 0.05) is 25.2 Å². The van der Waals surface area contributed by atoms with Crippen molar-refractivity contribution in [2.45, 2.75) is 10.9 Å². The van der Waals surface area contributed by atoms with E-state index in [0.717, 1.165) is 0 Å². The summed E-state index contributed by atoms with van der Waals surface area (Å²) in [6.45, 7) is 0.441. The van der Waals surface area contributed by atoms with Crippen molar-refractivity contribution in [1.29, 1.82) is 5.26 Å². The van der Waals surface area contributed by atoms with Crippen LogP contribution in [-0.2, 0) is 14.8 Å². The SMILES string of the molecule is COc1ccc(S(=O)(=O)N2CC3C(C2)C3NC(=O)COc2ccccc2C#N)c(OC)c1. The van der Waals surface area contributed by atoms with Gasteiger partial charge in [0.2, 0.25) is 10.0 Å². The highest BCUT2D eigenvalue weighted by Gasteiger charge is 2.58. The van der Waals surface area contributed by atoms with Crippen LogP contribution in [0.4, 0.5) is 0 Å². The highest BCUT2D eigenvalue weighted by molar-refractivity contribution is 7.89. The number of carbonyl (C=O) groups excluding carboxylic acids is 1.